The fourth-order valence-electron chi connectivity index (χ4n) is 3.12. The summed E-state index contributed by atoms with van der Waals surface area (Å²) in [6.45, 7) is 5.47. The van der Waals surface area contributed by atoms with Gasteiger partial charge in [0.25, 0.3) is 0 Å². The molecule has 1 amide bonds. The first kappa shape index (κ1) is 20.8. The normalized spacial score (nSPS) is 16.3. The molecule has 8 nitrogen and oxygen atoms in total. The molecular weight excluding hydrogens is 402 g/mol. The largest absolute Gasteiger partial charge is 0.325 e. The highest BCUT2D eigenvalue weighted by Crippen LogP contribution is 2.21. The highest BCUT2D eigenvalue weighted by Gasteiger charge is 2.31. The smallest absolute Gasteiger partial charge is 0.246 e. The lowest BCUT2D eigenvalue weighted by Gasteiger charge is -2.33. The lowest BCUT2D eigenvalue weighted by molar-refractivity contribution is -0.117. The van der Waals surface area contributed by atoms with E-state index in [1.807, 2.05) is 17.9 Å². The van der Waals surface area contributed by atoms with Crippen molar-refractivity contribution in [3.63, 3.8) is 0 Å². The molecule has 1 aliphatic rings. The van der Waals surface area contributed by atoms with E-state index in [0.717, 1.165) is 5.56 Å². The minimum absolute atomic E-state index is 0.148. The van der Waals surface area contributed by atoms with E-state index in [4.69, 9.17) is 11.6 Å². The van der Waals surface area contributed by atoms with Crippen LogP contribution in [0.5, 0.6) is 0 Å². The number of nitrogens with one attached hydrogen (secondary N) is 1. The molecule has 10 heteroatoms. The number of sulfonamides is 1. The van der Waals surface area contributed by atoms with E-state index >= 15 is 0 Å². The number of piperazine rings is 1. The van der Waals surface area contributed by atoms with E-state index in [2.05, 4.69) is 10.4 Å². The van der Waals surface area contributed by atoms with Gasteiger partial charge in [-0.3, -0.25) is 14.4 Å². The van der Waals surface area contributed by atoms with Crippen LogP contribution in [0, 0.1) is 13.8 Å². The van der Waals surface area contributed by atoms with Crippen molar-refractivity contribution in [3.05, 3.63) is 40.7 Å². The average molecular weight is 426 g/mol. The quantitative estimate of drug-likeness (QED) is 0.786. The number of benzene rings is 1. The fraction of sp³-hybridized carbons (Fsp3) is 0.444. The first-order valence-corrected chi connectivity index (χ1v) is 10.8. The number of aromatic nitrogens is 2. The van der Waals surface area contributed by atoms with Gasteiger partial charge in [-0.15, -0.1) is 0 Å². The summed E-state index contributed by atoms with van der Waals surface area (Å²) in [6.07, 6.45) is 1.39. The minimum atomic E-state index is -3.57. The molecule has 1 aromatic heterocycles. The Kier molecular flexibility index (Phi) is 6.09. The second-order valence-electron chi connectivity index (χ2n) is 6.91. The molecular formula is C18H24ClN5O3S. The molecule has 1 fully saturated rings. The first-order valence-electron chi connectivity index (χ1n) is 8.95. The van der Waals surface area contributed by atoms with E-state index < -0.39 is 10.0 Å². The summed E-state index contributed by atoms with van der Waals surface area (Å²) < 4.78 is 28.6. The van der Waals surface area contributed by atoms with E-state index in [-0.39, 0.29) is 17.3 Å². The maximum absolute atomic E-state index is 12.8. The Morgan fingerprint density at radius 3 is 2.50 bits per heavy atom. The first-order chi connectivity index (χ1) is 13.2. The number of nitrogens with zero attached hydrogens (tertiary/aromatic N) is 4. The Morgan fingerprint density at radius 1 is 1.21 bits per heavy atom. The summed E-state index contributed by atoms with van der Waals surface area (Å²) in [5.74, 6) is -0.148. The Balaban J connectivity index is 1.57. The van der Waals surface area contributed by atoms with Crippen LogP contribution in [0.2, 0.25) is 5.02 Å². The number of anilines is 1. The zero-order chi connectivity index (χ0) is 20.5. The summed E-state index contributed by atoms with van der Waals surface area (Å²) in [7, 11) is -1.86. The van der Waals surface area contributed by atoms with E-state index in [1.165, 1.54) is 10.5 Å². The number of carbonyl (C=O) groups excluding carboxylic acids is 1. The Hall–Kier alpha value is -1.94. The lowest BCUT2D eigenvalue weighted by Crippen LogP contribution is -2.50. The van der Waals surface area contributed by atoms with Gasteiger partial charge in [-0.2, -0.15) is 9.40 Å². The number of hydrogen-bond acceptors (Lipinski definition) is 5. The molecule has 1 saturated heterocycles. The van der Waals surface area contributed by atoms with Gasteiger partial charge in [0.05, 0.1) is 18.4 Å². The Bertz CT molecular complexity index is 981. The molecule has 0 saturated carbocycles. The van der Waals surface area contributed by atoms with Crippen LogP contribution in [0.1, 0.15) is 11.3 Å². The second-order valence-corrected chi connectivity index (χ2v) is 9.25. The van der Waals surface area contributed by atoms with Crippen molar-refractivity contribution in [2.45, 2.75) is 18.7 Å². The number of hydrogen-bond donors (Lipinski definition) is 1. The number of carbonyl (C=O) groups is 1. The zero-order valence-electron chi connectivity index (χ0n) is 16.1. The van der Waals surface area contributed by atoms with Crippen molar-refractivity contribution in [1.29, 1.82) is 0 Å². The van der Waals surface area contributed by atoms with Crippen LogP contribution in [0.3, 0.4) is 0 Å². The molecule has 0 spiro atoms. The second kappa shape index (κ2) is 8.20. The van der Waals surface area contributed by atoms with Gasteiger partial charge in [-0.25, -0.2) is 8.42 Å². The van der Waals surface area contributed by atoms with Gasteiger partial charge < -0.3 is 5.32 Å². The molecule has 1 aromatic carbocycles. The van der Waals surface area contributed by atoms with E-state index in [1.54, 1.807) is 30.8 Å². The molecule has 3 rings (SSSR count). The third-order valence-electron chi connectivity index (χ3n) is 4.98. The summed E-state index contributed by atoms with van der Waals surface area (Å²) >= 11 is 5.98. The van der Waals surface area contributed by atoms with Crippen molar-refractivity contribution in [1.82, 2.24) is 19.0 Å². The van der Waals surface area contributed by atoms with Gasteiger partial charge in [0.2, 0.25) is 15.9 Å². The molecule has 1 N–H and O–H groups in total. The molecule has 2 aromatic rings. The van der Waals surface area contributed by atoms with Gasteiger partial charge in [0, 0.05) is 43.9 Å². The van der Waals surface area contributed by atoms with Gasteiger partial charge in [0.15, 0.2) is 0 Å². The predicted molar refractivity (Wildman–Crippen MR) is 108 cm³/mol. The third kappa shape index (κ3) is 4.38. The van der Waals surface area contributed by atoms with Crippen LogP contribution in [0.15, 0.2) is 29.3 Å². The summed E-state index contributed by atoms with van der Waals surface area (Å²) in [4.78, 5) is 14.5. The van der Waals surface area contributed by atoms with Crippen LogP contribution < -0.4 is 5.32 Å². The molecule has 0 radical (unpaired) electrons. The van der Waals surface area contributed by atoms with Gasteiger partial charge >= 0.3 is 0 Å². The molecule has 28 heavy (non-hydrogen) atoms. The van der Waals surface area contributed by atoms with Crippen molar-refractivity contribution in [2.75, 3.05) is 38.0 Å². The standard InChI is InChI=1S/C18H24ClN5O3S/c1-13-4-5-15(19)10-16(13)21-18(25)12-23-6-8-24(9-7-23)28(26,27)17-11-20-22(3)14(17)2/h4-5,10-11H,6-9,12H2,1-3H3,(H,21,25). The van der Waals surface area contributed by atoms with Crippen LogP contribution in [0.4, 0.5) is 5.69 Å². The van der Waals surface area contributed by atoms with Crippen LogP contribution in [-0.2, 0) is 21.9 Å². The highest BCUT2D eigenvalue weighted by molar-refractivity contribution is 7.89. The van der Waals surface area contributed by atoms with Gasteiger partial charge in [0.1, 0.15) is 4.90 Å². The number of halogens is 1. The fourth-order valence-corrected chi connectivity index (χ4v) is 4.90. The topological polar surface area (TPSA) is 87.5 Å². The number of rotatable bonds is 5. The summed E-state index contributed by atoms with van der Waals surface area (Å²) in [5.41, 5.74) is 2.23. The van der Waals surface area contributed by atoms with E-state index in [9.17, 15) is 13.2 Å². The molecule has 0 aliphatic carbocycles. The van der Waals surface area contributed by atoms with Crippen molar-refractivity contribution >= 4 is 33.2 Å². The SMILES string of the molecule is Cc1ccc(Cl)cc1NC(=O)CN1CCN(S(=O)(=O)c2cnn(C)c2C)CC1. The maximum Gasteiger partial charge on any atom is 0.246 e. The predicted octanol–water partition coefficient (Wildman–Crippen LogP) is 1.64. The van der Waals surface area contributed by atoms with Crippen molar-refractivity contribution in [2.24, 2.45) is 7.05 Å². The molecule has 0 atom stereocenters. The molecule has 2 heterocycles. The number of amides is 1. The summed E-state index contributed by atoms with van der Waals surface area (Å²) in [6, 6.07) is 5.34. The van der Waals surface area contributed by atoms with E-state index in [0.29, 0.717) is 42.6 Å². The molecule has 152 valence electrons. The molecule has 0 unspecified atom stereocenters. The van der Waals surface area contributed by atoms with Crippen LogP contribution in [-0.4, -0.2) is 66.0 Å². The third-order valence-corrected chi connectivity index (χ3v) is 7.22. The Morgan fingerprint density at radius 2 is 1.89 bits per heavy atom. The van der Waals surface area contributed by atoms with Crippen molar-refractivity contribution < 1.29 is 13.2 Å². The lowest BCUT2D eigenvalue weighted by atomic mass is 10.2. The van der Waals surface area contributed by atoms with Crippen molar-refractivity contribution in [3.8, 4) is 0 Å². The maximum atomic E-state index is 12.8. The summed E-state index contributed by atoms with van der Waals surface area (Å²) in [5, 5.41) is 7.45. The minimum Gasteiger partial charge on any atom is -0.325 e. The van der Waals surface area contributed by atoms with Gasteiger partial charge in [-0.05, 0) is 31.5 Å². The van der Waals surface area contributed by atoms with Crippen LogP contribution in [0.25, 0.3) is 0 Å². The Labute approximate surface area is 170 Å². The monoisotopic (exact) mass is 425 g/mol. The average Bonchev–Trinajstić information content (AvgIpc) is 2.98. The molecule has 0 bridgehead atoms. The zero-order valence-corrected chi connectivity index (χ0v) is 17.7. The van der Waals surface area contributed by atoms with Gasteiger partial charge in [-0.1, -0.05) is 17.7 Å². The van der Waals surface area contributed by atoms with Crippen LogP contribution >= 0.6 is 11.6 Å². The number of aryl methyl sites for hydroxylation is 2. The molecule has 1 aliphatic heterocycles. The highest BCUT2D eigenvalue weighted by atomic mass is 35.5.